The van der Waals surface area contributed by atoms with Crippen molar-refractivity contribution in [2.75, 3.05) is 13.2 Å². The molecule has 1 aliphatic heterocycles. The number of carbonyl (C=O) groups is 5. The third-order valence-corrected chi connectivity index (χ3v) is 5.97. The van der Waals surface area contributed by atoms with E-state index in [9.17, 15) is 44.7 Å². The molecule has 1 fully saturated rings. The number of nitro groups is 1. The predicted molar refractivity (Wildman–Crippen MR) is 142 cm³/mol. The van der Waals surface area contributed by atoms with Crippen LogP contribution >= 0.6 is 0 Å². The summed E-state index contributed by atoms with van der Waals surface area (Å²) in [6.07, 6.45) is -6.82. The normalized spacial score (nSPS) is 23.9. The molecule has 1 amide bonds. The number of ether oxygens (including phenoxy) is 6. The smallest absolute Gasteiger partial charge is 0.303 e. The van der Waals surface area contributed by atoms with Gasteiger partial charge in [0.2, 0.25) is 11.7 Å². The Morgan fingerprint density at radius 2 is 1.68 bits per heavy atom. The number of nitrogens with one attached hydrogen (secondary N) is 1. The van der Waals surface area contributed by atoms with Crippen LogP contribution in [0.25, 0.3) is 10.4 Å². The van der Waals surface area contributed by atoms with E-state index >= 15 is 0 Å². The van der Waals surface area contributed by atoms with Gasteiger partial charge in [0.15, 0.2) is 12.2 Å². The van der Waals surface area contributed by atoms with Gasteiger partial charge >= 0.3 is 23.9 Å². The molecule has 2 N–H and O–H groups in total. The van der Waals surface area contributed by atoms with Crippen LogP contribution in [-0.4, -0.2) is 95.3 Å². The summed E-state index contributed by atoms with van der Waals surface area (Å²) in [5, 5.41) is 27.9. The number of aliphatic hydroxyl groups excluding tert-OH is 1. The number of nitro benzene ring substituents is 1. The Balaban J connectivity index is 2.85. The Kier molecular flexibility index (Phi) is 12.4. The number of nitrogens with zero attached hydrogens (tertiary/aromatic N) is 4. The summed E-state index contributed by atoms with van der Waals surface area (Å²) in [5.74, 6) is -7.04. The Bertz CT molecular complexity index is 1300. The van der Waals surface area contributed by atoms with Gasteiger partial charge in [0.05, 0.1) is 11.0 Å². The molecule has 7 atom stereocenters. The number of hydrogen-bond donors (Lipinski definition) is 2. The van der Waals surface area contributed by atoms with E-state index in [0.29, 0.717) is 0 Å². The van der Waals surface area contributed by atoms with E-state index in [4.69, 9.17) is 28.4 Å². The van der Waals surface area contributed by atoms with E-state index < -0.39 is 90.2 Å². The van der Waals surface area contributed by atoms with Crippen molar-refractivity contribution in [2.45, 2.75) is 76.9 Å². The van der Waals surface area contributed by atoms with Gasteiger partial charge in [-0.1, -0.05) is 5.11 Å². The molecule has 0 unspecified atom stereocenters. The minimum Gasteiger partial charge on any atom is -0.462 e. The van der Waals surface area contributed by atoms with Gasteiger partial charge < -0.3 is 38.8 Å². The predicted octanol–water partition coefficient (Wildman–Crippen LogP) is 0.603. The Morgan fingerprint density at radius 1 is 1.07 bits per heavy atom. The molecule has 1 heterocycles. The Labute approximate surface area is 249 Å². The summed E-state index contributed by atoms with van der Waals surface area (Å²) in [6, 6.07) is 1.06. The van der Waals surface area contributed by atoms with Crippen LogP contribution in [0.3, 0.4) is 0 Å². The summed E-state index contributed by atoms with van der Waals surface area (Å²) in [6.45, 7) is 3.28. The lowest BCUT2D eigenvalue weighted by Gasteiger charge is -2.52. The highest BCUT2D eigenvalue weighted by molar-refractivity contribution is 5.74. The van der Waals surface area contributed by atoms with Crippen LogP contribution in [0.1, 0.15) is 34.6 Å². The number of amides is 1. The summed E-state index contributed by atoms with van der Waals surface area (Å²) in [5.41, 5.74) is 9.10. The van der Waals surface area contributed by atoms with Gasteiger partial charge in [-0.2, -0.15) is 0 Å². The quantitative estimate of drug-likeness (QED) is 0.0578. The molecule has 1 aromatic rings. The molecule has 19 heteroatoms. The third kappa shape index (κ3) is 9.25. The molecule has 0 bridgehead atoms. The average Bonchev–Trinajstić information content (AvgIpc) is 2.92. The van der Waals surface area contributed by atoms with E-state index in [1.54, 1.807) is 0 Å². The average molecular weight is 626 g/mol. The lowest BCUT2D eigenvalue weighted by atomic mass is 9.85. The first kappa shape index (κ1) is 35.2. The standard InChI is InChI=1S/C25H31N5O14/c1-12(32)27-20-22(21(41-15(4)35)19(40-14(3)34)10-39-13(2)33)44-25(11-31,24(28-29-26)23(20)42-16(5)36)43-18-8-6-17(7-9-18)30(37)38/h6-9,19-24,31H,10-11H2,1-5H3,(H,27,32)/t19-,20+,21-,22-,23-,24-,25+/m1/s1. The van der Waals surface area contributed by atoms with Gasteiger partial charge in [0.25, 0.3) is 5.69 Å². The van der Waals surface area contributed by atoms with E-state index in [-0.39, 0.29) is 11.4 Å². The van der Waals surface area contributed by atoms with Gasteiger partial charge in [0, 0.05) is 51.7 Å². The van der Waals surface area contributed by atoms with Crippen molar-refractivity contribution in [1.29, 1.82) is 0 Å². The molecule has 0 radical (unpaired) electrons. The Hall–Kier alpha value is -5.00. The maximum atomic E-state index is 12.4. The first-order valence-electron chi connectivity index (χ1n) is 12.8. The monoisotopic (exact) mass is 625 g/mol. The van der Waals surface area contributed by atoms with Crippen molar-refractivity contribution in [3.05, 3.63) is 44.8 Å². The molecule has 0 aromatic heterocycles. The zero-order valence-corrected chi connectivity index (χ0v) is 24.2. The molecule has 44 heavy (non-hydrogen) atoms. The van der Waals surface area contributed by atoms with E-state index in [0.717, 1.165) is 58.9 Å². The van der Waals surface area contributed by atoms with Gasteiger partial charge in [0.1, 0.15) is 37.2 Å². The van der Waals surface area contributed by atoms with Crippen LogP contribution in [0.4, 0.5) is 5.69 Å². The number of azide groups is 1. The maximum absolute atomic E-state index is 12.4. The molecule has 0 saturated carbocycles. The van der Waals surface area contributed by atoms with Gasteiger partial charge in [-0.05, 0) is 17.7 Å². The minimum absolute atomic E-state index is 0.165. The molecule has 0 aliphatic carbocycles. The largest absolute Gasteiger partial charge is 0.462 e. The molecule has 240 valence electrons. The van der Waals surface area contributed by atoms with Crippen molar-refractivity contribution in [3.8, 4) is 5.75 Å². The molecule has 1 aromatic carbocycles. The highest BCUT2D eigenvalue weighted by Gasteiger charge is 2.61. The highest BCUT2D eigenvalue weighted by Crippen LogP contribution is 2.39. The van der Waals surface area contributed by atoms with Crippen LogP contribution < -0.4 is 10.1 Å². The second-order valence-corrected chi connectivity index (χ2v) is 9.38. The summed E-state index contributed by atoms with van der Waals surface area (Å²) >= 11 is 0. The lowest BCUT2D eigenvalue weighted by Crippen LogP contribution is -2.74. The minimum atomic E-state index is -2.50. The van der Waals surface area contributed by atoms with Crippen LogP contribution in [0, 0.1) is 10.1 Å². The first-order valence-corrected chi connectivity index (χ1v) is 12.8. The van der Waals surface area contributed by atoms with Crippen molar-refractivity contribution < 1.29 is 62.4 Å². The summed E-state index contributed by atoms with van der Waals surface area (Å²) in [4.78, 5) is 73.7. The van der Waals surface area contributed by atoms with Crippen molar-refractivity contribution in [2.24, 2.45) is 5.11 Å². The number of aliphatic hydroxyl groups is 1. The molecule has 1 aliphatic rings. The summed E-state index contributed by atoms with van der Waals surface area (Å²) in [7, 11) is 0. The molecule has 1 saturated heterocycles. The molecular formula is C25H31N5O14. The topological polar surface area (TPSA) is 265 Å². The molecule has 2 rings (SSSR count). The van der Waals surface area contributed by atoms with Gasteiger partial charge in [-0.3, -0.25) is 34.1 Å². The summed E-state index contributed by atoms with van der Waals surface area (Å²) < 4.78 is 33.2. The molecule has 19 nitrogen and oxygen atoms in total. The van der Waals surface area contributed by atoms with Crippen LogP contribution in [0.5, 0.6) is 5.75 Å². The lowest BCUT2D eigenvalue weighted by molar-refractivity contribution is -0.384. The molecule has 0 spiro atoms. The fraction of sp³-hybridized carbons (Fsp3) is 0.560. The van der Waals surface area contributed by atoms with Crippen LogP contribution in [0.2, 0.25) is 0 Å². The second kappa shape index (κ2) is 15.5. The van der Waals surface area contributed by atoms with Crippen molar-refractivity contribution in [1.82, 2.24) is 5.32 Å². The highest BCUT2D eigenvalue weighted by atomic mass is 16.7. The number of hydrogen-bond acceptors (Lipinski definition) is 15. The number of benzene rings is 1. The van der Waals surface area contributed by atoms with Gasteiger partial charge in [-0.15, -0.1) is 0 Å². The second-order valence-electron chi connectivity index (χ2n) is 9.38. The van der Waals surface area contributed by atoms with Crippen molar-refractivity contribution in [3.63, 3.8) is 0 Å². The fourth-order valence-corrected chi connectivity index (χ4v) is 4.45. The van der Waals surface area contributed by atoms with Crippen molar-refractivity contribution >= 4 is 35.5 Å². The van der Waals surface area contributed by atoms with E-state index in [2.05, 4.69) is 15.3 Å². The number of esters is 4. The van der Waals surface area contributed by atoms with Gasteiger partial charge in [-0.25, -0.2) is 0 Å². The first-order chi connectivity index (χ1) is 20.6. The number of non-ortho nitro benzene ring substituents is 1. The third-order valence-electron chi connectivity index (χ3n) is 5.97. The maximum Gasteiger partial charge on any atom is 0.303 e. The fourth-order valence-electron chi connectivity index (χ4n) is 4.45. The zero-order valence-electron chi connectivity index (χ0n) is 24.2. The Morgan fingerprint density at radius 3 is 2.14 bits per heavy atom. The SMILES string of the molecule is CC(=O)N[C@H]1[C@H]([C@H](OC(C)=O)[C@@H](COC(C)=O)OC(C)=O)O[C@](CO)(Oc2ccc([N+](=O)[O-])cc2)[C@H](N=[N+]=[N-])[C@@H]1OC(C)=O. The number of rotatable bonds is 13. The van der Waals surface area contributed by atoms with E-state index in [1.807, 2.05) is 0 Å². The number of carbonyl (C=O) groups excluding carboxylic acids is 5. The van der Waals surface area contributed by atoms with Crippen LogP contribution in [0.15, 0.2) is 29.4 Å². The zero-order chi connectivity index (χ0) is 33.2. The molecular weight excluding hydrogens is 594 g/mol. The van der Waals surface area contributed by atoms with Crippen LogP contribution in [-0.2, 0) is 47.7 Å². The van der Waals surface area contributed by atoms with E-state index in [1.165, 1.54) is 0 Å².